The number of hydrogen-bond acceptors (Lipinski definition) is 5. The van der Waals surface area contributed by atoms with Crippen LogP contribution in [0.4, 0.5) is 0 Å². The lowest BCUT2D eigenvalue weighted by Gasteiger charge is -2.35. The second-order valence-electron chi connectivity index (χ2n) is 4.82. The lowest BCUT2D eigenvalue weighted by atomic mass is 10.3. The predicted molar refractivity (Wildman–Crippen MR) is 112 cm³/mol. The molecule has 0 aliphatic rings. The number of aliphatic hydroxyl groups excluding tert-OH is 4. The summed E-state index contributed by atoms with van der Waals surface area (Å²) in [5.41, 5.74) is 0. The van der Waals surface area contributed by atoms with E-state index in [0.29, 0.717) is 30.7 Å². The third-order valence-electron chi connectivity index (χ3n) is 2.87. The van der Waals surface area contributed by atoms with Gasteiger partial charge in [-0.3, -0.25) is 0 Å². The average molecular weight is 508 g/mol. The predicted octanol–water partition coefficient (Wildman–Crippen LogP) is -2.07. The van der Waals surface area contributed by atoms with Crippen molar-refractivity contribution in [2.75, 3.05) is 71.0 Å². The molecule has 0 spiro atoms. The van der Waals surface area contributed by atoms with Crippen LogP contribution in [0.15, 0.2) is 38.0 Å². The number of hydrogen-bond donors (Lipinski definition) is 5. The fourth-order valence-corrected chi connectivity index (χ4v) is 1.81. The number of nitrogens with one attached hydrogen (secondary N) is 1. The molecule has 0 aromatic rings. The second-order valence-corrected chi connectivity index (χ2v) is 5.47. The smallest absolute Gasteiger partial charge is 0.103 e. The van der Waals surface area contributed by atoms with Gasteiger partial charge in [-0.15, -0.1) is 6.58 Å². The third kappa shape index (κ3) is 28.7. The van der Waals surface area contributed by atoms with Crippen LogP contribution in [0, 0.1) is 0 Å². The summed E-state index contributed by atoms with van der Waals surface area (Å²) in [7, 11) is 0. The van der Waals surface area contributed by atoms with E-state index in [1.807, 2.05) is 12.2 Å². The number of alkyl halides is 1. The Morgan fingerprint density at radius 1 is 0.769 bits per heavy atom. The van der Waals surface area contributed by atoms with Crippen LogP contribution in [-0.4, -0.2) is 95.9 Å². The summed E-state index contributed by atoms with van der Waals surface area (Å²) < 4.78 is 0.639. The van der Waals surface area contributed by atoms with Crippen molar-refractivity contribution in [1.82, 2.24) is 5.32 Å². The van der Waals surface area contributed by atoms with Crippen molar-refractivity contribution < 1.29 is 41.9 Å². The van der Waals surface area contributed by atoms with E-state index in [9.17, 15) is 0 Å². The summed E-state index contributed by atoms with van der Waals surface area (Å²) in [6, 6.07) is 0. The normalized spacial score (nSPS) is 9.12. The molecule has 0 amide bonds. The SMILES string of the molecule is C.C=CCBr.C=CC[N+](CC=C)(CCO)CCO.OCCNCCO.[Br-]. The van der Waals surface area contributed by atoms with Crippen molar-refractivity contribution in [3.05, 3.63) is 38.0 Å². The standard InChI is InChI=1S/C10H20NO2.C4H11NO2.C3H5Br.CH4.BrH/c1-3-5-11(6-4-2,7-9-12)8-10-13;6-3-1-5-2-4-7;1-2-3-4;;/h3-4,12-13H,1-2,5-10H2;5-7H,1-4H2;2H,1,3H2;1H4;1H/q+1;;;;/p-1. The molecule has 0 saturated heterocycles. The van der Waals surface area contributed by atoms with E-state index < -0.39 is 0 Å². The average Bonchev–Trinajstić information content (AvgIpc) is 2.57. The number of quaternary nitrogens is 1. The molecule has 0 aromatic carbocycles. The monoisotopic (exact) mass is 506 g/mol. The van der Waals surface area contributed by atoms with E-state index in [1.54, 1.807) is 6.08 Å². The molecule has 0 unspecified atom stereocenters. The molecule has 5 N–H and O–H groups in total. The first-order valence-corrected chi connectivity index (χ1v) is 9.08. The van der Waals surface area contributed by atoms with Gasteiger partial charge >= 0.3 is 0 Å². The molecule has 0 aliphatic carbocycles. The number of rotatable bonds is 13. The molecule has 0 bridgehead atoms. The van der Waals surface area contributed by atoms with Gasteiger partial charge in [0.25, 0.3) is 0 Å². The first kappa shape index (κ1) is 36.8. The van der Waals surface area contributed by atoms with Crippen molar-refractivity contribution >= 4 is 15.9 Å². The Kier molecular flexibility index (Phi) is 46.1. The molecule has 0 radical (unpaired) electrons. The molecule has 0 rings (SSSR count). The van der Waals surface area contributed by atoms with Gasteiger partial charge in [0.05, 0.1) is 39.5 Å². The van der Waals surface area contributed by atoms with Crippen LogP contribution in [0.5, 0.6) is 0 Å². The number of halogens is 2. The van der Waals surface area contributed by atoms with E-state index in [0.717, 1.165) is 18.4 Å². The highest BCUT2D eigenvalue weighted by molar-refractivity contribution is 9.09. The highest BCUT2D eigenvalue weighted by atomic mass is 79.9. The maximum atomic E-state index is 8.92. The van der Waals surface area contributed by atoms with E-state index in [2.05, 4.69) is 41.0 Å². The molecule has 0 aliphatic heterocycles. The zero-order chi connectivity index (χ0) is 19.1. The first-order chi connectivity index (χ1) is 11.6. The molecule has 6 nitrogen and oxygen atoms in total. The van der Waals surface area contributed by atoms with E-state index in [1.165, 1.54) is 0 Å². The van der Waals surface area contributed by atoms with Crippen LogP contribution in [0.2, 0.25) is 0 Å². The molecule has 0 heterocycles. The van der Waals surface area contributed by atoms with Gasteiger partial charge in [-0.2, -0.15) is 0 Å². The van der Waals surface area contributed by atoms with Crippen LogP contribution in [0.1, 0.15) is 7.43 Å². The minimum absolute atomic E-state index is 0. The largest absolute Gasteiger partial charge is 1.00 e. The Bertz CT molecular complexity index is 262. The fourth-order valence-electron chi connectivity index (χ4n) is 1.81. The van der Waals surface area contributed by atoms with E-state index >= 15 is 0 Å². The van der Waals surface area contributed by atoms with Crippen molar-refractivity contribution in [3.63, 3.8) is 0 Å². The van der Waals surface area contributed by atoms with Gasteiger partial charge in [-0.05, 0) is 12.2 Å². The Labute approximate surface area is 179 Å². The number of allylic oxidation sites excluding steroid dienone is 1. The quantitative estimate of drug-likeness (QED) is 0.0854. The van der Waals surface area contributed by atoms with Crippen LogP contribution >= 0.6 is 15.9 Å². The highest BCUT2D eigenvalue weighted by Gasteiger charge is 2.22. The Morgan fingerprint density at radius 2 is 1.12 bits per heavy atom. The number of nitrogens with zero attached hydrogens (tertiary/aromatic N) is 1. The molecule has 0 atom stereocenters. The molecule has 160 valence electrons. The minimum atomic E-state index is 0. The van der Waals surface area contributed by atoms with Crippen LogP contribution in [0.3, 0.4) is 0 Å². The zero-order valence-electron chi connectivity index (χ0n) is 15.1. The number of aliphatic hydroxyl groups is 4. The molecule has 0 fully saturated rings. The van der Waals surface area contributed by atoms with Gasteiger partial charge in [-0.25, -0.2) is 0 Å². The Balaban J connectivity index is -0.0000000963. The Morgan fingerprint density at radius 3 is 1.31 bits per heavy atom. The van der Waals surface area contributed by atoms with Gasteiger partial charge in [-0.1, -0.05) is 42.6 Å². The molecular weight excluding hydrogens is 468 g/mol. The Hall–Kier alpha value is -0.0600. The maximum absolute atomic E-state index is 8.92. The van der Waals surface area contributed by atoms with Gasteiger partial charge in [0.15, 0.2) is 0 Å². The lowest BCUT2D eigenvalue weighted by Crippen LogP contribution is -3.00. The highest BCUT2D eigenvalue weighted by Crippen LogP contribution is 2.06. The first-order valence-electron chi connectivity index (χ1n) is 7.95. The van der Waals surface area contributed by atoms with Gasteiger partial charge in [0.1, 0.15) is 13.1 Å². The summed E-state index contributed by atoms with van der Waals surface area (Å²) in [5.74, 6) is 0. The summed E-state index contributed by atoms with van der Waals surface area (Å²) in [4.78, 5) is 0. The maximum Gasteiger partial charge on any atom is 0.103 e. The molecule has 8 heteroatoms. The summed E-state index contributed by atoms with van der Waals surface area (Å²) in [6.45, 7) is 15.3. The van der Waals surface area contributed by atoms with Crippen LogP contribution in [0.25, 0.3) is 0 Å². The summed E-state index contributed by atoms with van der Waals surface area (Å²) >= 11 is 3.13. The van der Waals surface area contributed by atoms with Crippen LogP contribution < -0.4 is 22.3 Å². The van der Waals surface area contributed by atoms with Gasteiger partial charge in [0, 0.05) is 18.4 Å². The van der Waals surface area contributed by atoms with Crippen molar-refractivity contribution in [2.45, 2.75) is 7.43 Å². The summed E-state index contributed by atoms with van der Waals surface area (Å²) in [5, 5.41) is 37.8. The molecular formula is C18H40Br2N2O4. The minimum Gasteiger partial charge on any atom is -1.00 e. The van der Waals surface area contributed by atoms with E-state index in [-0.39, 0.29) is 50.8 Å². The summed E-state index contributed by atoms with van der Waals surface area (Å²) in [6.07, 6.45) is 5.42. The van der Waals surface area contributed by atoms with Gasteiger partial charge < -0.3 is 47.2 Å². The lowest BCUT2D eigenvalue weighted by molar-refractivity contribution is -0.917. The van der Waals surface area contributed by atoms with Crippen molar-refractivity contribution in [3.8, 4) is 0 Å². The third-order valence-corrected chi connectivity index (χ3v) is 3.33. The zero-order valence-corrected chi connectivity index (χ0v) is 18.3. The van der Waals surface area contributed by atoms with Crippen LogP contribution in [-0.2, 0) is 0 Å². The molecule has 0 saturated carbocycles. The van der Waals surface area contributed by atoms with Crippen molar-refractivity contribution in [2.24, 2.45) is 0 Å². The van der Waals surface area contributed by atoms with Gasteiger partial charge in [0.2, 0.25) is 0 Å². The molecule has 0 aromatic heterocycles. The fraction of sp³-hybridized carbons (Fsp3) is 0.667. The van der Waals surface area contributed by atoms with Crippen molar-refractivity contribution in [1.29, 1.82) is 0 Å². The topological polar surface area (TPSA) is 93.0 Å². The second kappa shape index (κ2) is 32.6. The van der Waals surface area contributed by atoms with E-state index in [4.69, 9.17) is 20.4 Å². The molecule has 26 heavy (non-hydrogen) atoms.